The molecule has 2 saturated heterocycles. The maximum Gasteiger partial charge on any atom is 0.318 e. The van der Waals surface area contributed by atoms with Gasteiger partial charge in [-0.15, -0.1) is 0 Å². The van der Waals surface area contributed by atoms with Gasteiger partial charge in [0.05, 0.1) is 54.1 Å². The molecule has 5 N–H and O–H groups in total. The maximum atomic E-state index is 12.1. The number of fused-ring (bicyclic) bond motifs is 2. The molecule has 0 spiro atoms. The second-order valence-electron chi connectivity index (χ2n) is 11.8. The monoisotopic (exact) mass is 674 g/mol. The number of aliphatic imine (C=N–C) groups is 1. The van der Waals surface area contributed by atoms with E-state index < -0.39 is 0 Å². The van der Waals surface area contributed by atoms with Gasteiger partial charge in [-0.2, -0.15) is 9.97 Å². The molecular formula is C32H41Cl2FN8O3. The van der Waals surface area contributed by atoms with Crippen molar-refractivity contribution < 1.29 is 18.7 Å². The highest BCUT2D eigenvalue weighted by Gasteiger charge is 2.32. The van der Waals surface area contributed by atoms with Gasteiger partial charge < -0.3 is 31.2 Å². The number of aromatic nitrogens is 2. The standard InChI is InChI=1S/C24H29Cl2N7O3.C8H12FN/c1-12(21(28)23(34)29-2)18-10-33(6-4-5-30-18)22-15-11-36-19(9-17(15)31-24(32-22)35-3)14-7-13(27)8-16(25)20(14)26;9-5-7-4-8-2-1-3-10(8)6-7/h7-8,19H,4-6,9-11,27-28H2,1-3H3,(H,29,34);5,8H,1-4,6H2/b21-12-;7-5-. The van der Waals surface area contributed by atoms with E-state index in [0.717, 1.165) is 48.3 Å². The number of benzene rings is 1. The molecule has 6 rings (SSSR count). The number of nitrogen functional groups attached to an aromatic ring is 1. The maximum absolute atomic E-state index is 12.1. The number of methoxy groups -OCH3 is 1. The molecular weight excluding hydrogens is 634 g/mol. The molecule has 4 aliphatic rings. The summed E-state index contributed by atoms with van der Waals surface area (Å²) in [4.78, 5) is 30.5. The molecule has 1 aromatic heterocycles. The van der Waals surface area contributed by atoms with Gasteiger partial charge in [-0.3, -0.25) is 14.7 Å². The van der Waals surface area contributed by atoms with E-state index in [4.69, 9.17) is 44.1 Å². The number of ether oxygens (including phenoxy) is 2. The van der Waals surface area contributed by atoms with Crippen LogP contribution in [0.3, 0.4) is 0 Å². The van der Waals surface area contributed by atoms with Crippen LogP contribution in [0.1, 0.15) is 55.5 Å². The van der Waals surface area contributed by atoms with E-state index in [1.165, 1.54) is 26.5 Å². The summed E-state index contributed by atoms with van der Waals surface area (Å²) in [5.41, 5.74) is 17.4. The zero-order valence-corrected chi connectivity index (χ0v) is 27.9. The Bertz CT molecular complexity index is 1550. The highest BCUT2D eigenvalue weighted by molar-refractivity contribution is 6.42. The van der Waals surface area contributed by atoms with Crippen molar-refractivity contribution in [1.29, 1.82) is 0 Å². The first kappa shape index (κ1) is 33.9. The Morgan fingerprint density at radius 3 is 2.72 bits per heavy atom. The number of likely N-dealkylation sites (N-methyl/N-ethyl adjacent to an activating group) is 1. The molecule has 4 aliphatic heterocycles. The van der Waals surface area contributed by atoms with Crippen molar-refractivity contribution in [1.82, 2.24) is 20.2 Å². The van der Waals surface area contributed by atoms with Crippen molar-refractivity contribution in [3.63, 3.8) is 0 Å². The first-order chi connectivity index (χ1) is 22.1. The van der Waals surface area contributed by atoms with Crippen molar-refractivity contribution in [2.75, 3.05) is 57.5 Å². The van der Waals surface area contributed by atoms with E-state index in [1.54, 1.807) is 26.1 Å². The molecule has 5 heterocycles. The normalized spacial score (nSPS) is 22.6. The molecule has 1 aromatic carbocycles. The first-order valence-electron chi connectivity index (χ1n) is 15.4. The van der Waals surface area contributed by atoms with Gasteiger partial charge in [0, 0.05) is 61.5 Å². The van der Waals surface area contributed by atoms with E-state index in [-0.39, 0.29) is 30.3 Å². The smallest absolute Gasteiger partial charge is 0.318 e. The third-order valence-corrected chi connectivity index (χ3v) is 9.68. The van der Waals surface area contributed by atoms with E-state index in [2.05, 4.69) is 30.1 Å². The van der Waals surface area contributed by atoms with Crippen LogP contribution in [-0.4, -0.2) is 79.4 Å². The lowest BCUT2D eigenvalue weighted by Gasteiger charge is -2.31. The fourth-order valence-corrected chi connectivity index (χ4v) is 6.82. The predicted molar refractivity (Wildman–Crippen MR) is 179 cm³/mol. The minimum atomic E-state index is -0.378. The summed E-state index contributed by atoms with van der Waals surface area (Å²) in [5.74, 6) is 0.361. The van der Waals surface area contributed by atoms with Gasteiger partial charge in [0.1, 0.15) is 11.5 Å². The van der Waals surface area contributed by atoms with E-state index in [0.29, 0.717) is 64.8 Å². The van der Waals surface area contributed by atoms with Gasteiger partial charge in [-0.25, -0.2) is 4.39 Å². The third-order valence-electron chi connectivity index (χ3n) is 8.86. The fraction of sp³-hybridized carbons (Fsp3) is 0.500. The Balaban J connectivity index is 0.000000350. The predicted octanol–water partition coefficient (Wildman–Crippen LogP) is 4.53. The van der Waals surface area contributed by atoms with Crippen LogP contribution in [0.5, 0.6) is 6.01 Å². The van der Waals surface area contributed by atoms with Gasteiger partial charge in [0.15, 0.2) is 0 Å². The first-order valence-corrected chi connectivity index (χ1v) is 16.2. The van der Waals surface area contributed by atoms with Crippen molar-refractivity contribution in [2.24, 2.45) is 10.7 Å². The van der Waals surface area contributed by atoms with Crippen LogP contribution in [-0.2, 0) is 22.6 Å². The second kappa shape index (κ2) is 15.0. The minimum absolute atomic E-state index is 0.143. The average molecular weight is 676 g/mol. The summed E-state index contributed by atoms with van der Waals surface area (Å²) in [6.45, 7) is 5.88. The van der Waals surface area contributed by atoms with Crippen LogP contribution in [0, 0.1) is 0 Å². The average Bonchev–Trinajstić information content (AvgIpc) is 3.59. The molecule has 2 atom stereocenters. The summed E-state index contributed by atoms with van der Waals surface area (Å²) in [7, 11) is 3.07. The van der Waals surface area contributed by atoms with Crippen LogP contribution >= 0.6 is 23.2 Å². The van der Waals surface area contributed by atoms with Gasteiger partial charge >= 0.3 is 6.01 Å². The molecule has 248 valence electrons. The van der Waals surface area contributed by atoms with Gasteiger partial charge in [-0.05, 0) is 56.9 Å². The zero-order valence-electron chi connectivity index (χ0n) is 26.4. The topological polar surface area (TPSA) is 144 Å². The molecule has 0 bridgehead atoms. The van der Waals surface area contributed by atoms with Crippen molar-refractivity contribution in [2.45, 2.75) is 57.8 Å². The van der Waals surface area contributed by atoms with Gasteiger partial charge in [0.25, 0.3) is 5.91 Å². The number of nitrogens with two attached hydrogens (primary N) is 2. The number of amides is 1. The number of rotatable bonds is 5. The van der Waals surface area contributed by atoms with Crippen LogP contribution < -0.4 is 26.4 Å². The number of hydrogen-bond acceptors (Lipinski definition) is 10. The van der Waals surface area contributed by atoms with Crippen LogP contribution in [0.25, 0.3) is 0 Å². The second-order valence-corrected chi connectivity index (χ2v) is 12.6. The molecule has 0 saturated carbocycles. The Morgan fingerprint density at radius 1 is 1.20 bits per heavy atom. The Hall–Kier alpha value is -3.45. The molecule has 2 unspecified atom stereocenters. The molecule has 1 amide bonds. The molecule has 2 aromatic rings. The summed E-state index contributed by atoms with van der Waals surface area (Å²) in [5, 5.41) is 3.34. The highest BCUT2D eigenvalue weighted by Crippen LogP contribution is 2.40. The Labute approximate surface area is 278 Å². The highest BCUT2D eigenvalue weighted by atomic mass is 35.5. The molecule has 11 nitrogen and oxygen atoms in total. The number of carbonyl (C=O) groups excluding carboxylic acids is 1. The fourth-order valence-electron chi connectivity index (χ4n) is 6.35. The largest absolute Gasteiger partial charge is 0.467 e. The van der Waals surface area contributed by atoms with Crippen LogP contribution in [0.2, 0.25) is 10.0 Å². The summed E-state index contributed by atoms with van der Waals surface area (Å²) in [6.07, 6.45) is 5.23. The summed E-state index contributed by atoms with van der Waals surface area (Å²) >= 11 is 12.7. The van der Waals surface area contributed by atoms with Gasteiger partial charge in [-0.1, -0.05) is 23.2 Å². The molecule has 14 heteroatoms. The number of hydrogen-bond donors (Lipinski definition) is 3. The third kappa shape index (κ3) is 7.41. The van der Waals surface area contributed by atoms with Crippen molar-refractivity contribution in [3.8, 4) is 6.01 Å². The molecule has 0 radical (unpaired) electrons. The lowest BCUT2D eigenvalue weighted by atomic mass is 9.98. The molecule has 2 fully saturated rings. The quantitative estimate of drug-likeness (QED) is 0.308. The molecule has 46 heavy (non-hydrogen) atoms. The van der Waals surface area contributed by atoms with E-state index in [1.807, 2.05) is 0 Å². The summed E-state index contributed by atoms with van der Waals surface area (Å²) < 4.78 is 23.7. The van der Waals surface area contributed by atoms with Crippen LogP contribution in [0.4, 0.5) is 15.9 Å². The zero-order chi connectivity index (χ0) is 33.0. The van der Waals surface area contributed by atoms with E-state index >= 15 is 0 Å². The minimum Gasteiger partial charge on any atom is -0.467 e. The SMILES string of the molecule is CNC(=O)/C(N)=C(\C)C1=NCCCN(c2nc(OC)nc3c2COC(c2cc(N)cc(Cl)c2Cl)C3)C1.F/C=C1/CC2CCCN2C1. The lowest BCUT2D eigenvalue weighted by molar-refractivity contribution is -0.117. The number of anilines is 2. The molecule has 0 aliphatic carbocycles. The Morgan fingerprint density at radius 2 is 2.00 bits per heavy atom. The van der Waals surface area contributed by atoms with E-state index in [9.17, 15) is 9.18 Å². The number of nitrogens with zero attached hydrogens (tertiary/aromatic N) is 5. The lowest BCUT2D eigenvalue weighted by Crippen LogP contribution is -2.35. The Kier molecular flexibility index (Phi) is 11.0. The van der Waals surface area contributed by atoms with Crippen molar-refractivity contribution in [3.05, 3.63) is 62.2 Å². The number of halogens is 3. The number of carbonyl (C=O) groups is 1. The van der Waals surface area contributed by atoms with Crippen LogP contribution in [0.15, 0.2) is 40.3 Å². The summed E-state index contributed by atoms with van der Waals surface area (Å²) in [6, 6.07) is 4.31. The van der Waals surface area contributed by atoms with Gasteiger partial charge in [0.2, 0.25) is 0 Å². The van der Waals surface area contributed by atoms with Crippen molar-refractivity contribution >= 4 is 46.3 Å². The number of nitrogens with one attached hydrogen (secondary N) is 1.